The maximum absolute atomic E-state index is 14.1. The molecule has 2 amide bonds. The lowest BCUT2D eigenvalue weighted by atomic mass is 9.76. The number of benzene rings is 1. The largest absolute Gasteiger partial charge is 0.389 e. The molecule has 0 bridgehead atoms. The van der Waals surface area contributed by atoms with Crippen molar-refractivity contribution < 1.29 is 44.7 Å². The molecule has 4 N–H and O–H groups in total. The van der Waals surface area contributed by atoms with Gasteiger partial charge in [-0.15, -0.1) is 5.10 Å². The van der Waals surface area contributed by atoms with Gasteiger partial charge in [-0.1, -0.05) is 11.3 Å². The summed E-state index contributed by atoms with van der Waals surface area (Å²) >= 11 is 0. The first-order chi connectivity index (χ1) is 20.4. The van der Waals surface area contributed by atoms with Crippen molar-refractivity contribution in [3.8, 4) is 0 Å². The van der Waals surface area contributed by atoms with Crippen molar-refractivity contribution in [3.05, 3.63) is 41.0 Å². The van der Waals surface area contributed by atoms with Crippen LogP contribution in [-0.4, -0.2) is 55.1 Å². The number of carbonyl (C=O) groups is 2. The van der Waals surface area contributed by atoms with Crippen molar-refractivity contribution in [2.45, 2.75) is 95.1 Å². The summed E-state index contributed by atoms with van der Waals surface area (Å²) in [6.07, 6.45) is -13.3. The first-order valence-corrected chi connectivity index (χ1v) is 14.0. The van der Waals surface area contributed by atoms with Crippen molar-refractivity contribution in [2.75, 3.05) is 0 Å². The summed E-state index contributed by atoms with van der Waals surface area (Å²) in [5, 5.41) is 10.2. The van der Waals surface area contributed by atoms with E-state index in [0.29, 0.717) is 16.6 Å². The van der Waals surface area contributed by atoms with Crippen LogP contribution in [0.1, 0.15) is 97.8 Å². The third-order valence-corrected chi connectivity index (χ3v) is 7.70. The Hall–Kier alpha value is -3.79. The van der Waals surface area contributed by atoms with Gasteiger partial charge >= 0.3 is 12.4 Å². The number of fused-ring (bicyclic) bond motifs is 1. The number of nitrogens with one attached hydrogen (secondary N) is 2. The predicted molar refractivity (Wildman–Crippen MR) is 141 cm³/mol. The SMILES string of the molecule is C[C@@H](NC(=O)CCC(F)(F)F)c1ccc2nc([C@H](c3c(C(N)=O)nnn3CCCC(F)(F)F)C3CCC(F)(F)CC3)[nH]c2c1. The van der Waals surface area contributed by atoms with Gasteiger partial charge in [0.25, 0.3) is 5.91 Å². The van der Waals surface area contributed by atoms with Crippen LogP contribution in [0, 0.1) is 5.92 Å². The number of aryl methyl sites for hydroxylation is 1. The Morgan fingerprint density at radius 1 is 1.11 bits per heavy atom. The highest BCUT2D eigenvalue weighted by atomic mass is 19.4. The number of imidazole rings is 1. The van der Waals surface area contributed by atoms with Gasteiger partial charge in [0.15, 0.2) is 5.69 Å². The number of H-pyrrole nitrogens is 1. The highest BCUT2D eigenvalue weighted by Crippen LogP contribution is 2.45. The number of rotatable bonds is 11. The summed E-state index contributed by atoms with van der Waals surface area (Å²) in [7, 11) is 0. The Kier molecular flexibility index (Phi) is 9.54. The van der Waals surface area contributed by atoms with Crippen molar-refractivity contribution in [2.24, 2.45) is 11.7 Å². The zero-order chi connectivity index (χ0) is 32.4. The first-order valence-electron chi connectivity index (χ1n) is 14.0. The standard InChI is InChI=1S/C27H31F8N7O2/c1-14(37-19(43)7-11-27(33,34)35)16-3-4-17-18(13-16)39-24(38-17)20(15-5-9-25(28,29)10-6-15)22-21(23(36)44)40-41-42(22)12-2-8-26(30,31)32/h3-4,13-15,20H,2,5-12H2,1H3,(H2,36,44)(H,37,43)(H,38,39)/t14-,20+/m1/s1. The average Bonchev–Trinajstić information content (AvgIpc) is 3.51. The molecule has 9 nitrogen and oxygen atoms in total. The molecule has 3 aromatic rings. The maximum Gasteiger partial charge on any atom is 0.389 e. The van der Waals surface area contributed by atoms with Crippen LogP contribution < -0.4 is 11.1 Å². The third kappa shape index (κ3) is 8.43. The van der Waals surface area contributed by atoms with Crippen LogP contribution in [0.5, 0.6) is 0 Å². The maximum atomic E-state index is 14.1. The summed E-state index contributed by atoms with van der Waals surface area (Å²) in [5.74, 6) is -5.91. The van der Waals surface area contributed by atoms with Gasteiger partial charge in [-0.3, -0.25) is 9.59 Å². The minimum absolute atomic E-state index is 0.00683. The van der Waals surface area contributed by atoms with Crippen LogP contribution in [0.25, 0.3) is 11.0 Å². The molecule has 1 saturated carbocycles. The number of hydrogen-bond acceptors (Lipinski definition) is 5. The Morgan fingerprint density at radius 3 is 2.39 bits per heavy atom. The second-order valence-corrected chi connectivity index (χ2v) is 11.1. The van der Waals surface area contributed by atoms with E-state index in [2.05, 4.69) is 25.6 Å². The summed E-state index contributed by atoms with van der Waals surface area (Å²) < 4.78 is 105. The third-order valence-electron chi connectivity index (χ3n) is 7.70. The highest BCUT2D eigenvalue weighted by molar-refractivity contribution is 5.92. The van der Waals surface area contributed by atoms with E-state index < -0.39 is 80.1 Å². The van der Waals surface area contributed by atoms with E-state index in [-0.39, 0.29) is 43.0 Å². The molecule has 0 unspecified atom stereocenters. The van der Waals surface area contributed by atoms with Crippen LogP contribution in [0.4, 0.5) is 35.1 Å². The molecule has 4 rings (SSSR count). The molecule has 0 radical (unpaired) electrons. The molecule has 0 saturated heterocycles. The van der Waals surface area contributed by atoms with Crippen LogP contribution in [0.15, 0.2) is 18.2 Å². The van der Waals surface area contributed by atoms with Crippen molar-refractivity contribution in [1.82, 2.24) is 30.3 Å². The molecule has 2 atom stereocenters. The zero-order valence-electron chi connectivity index (χ0n) is 23.5. The second kappa shape index (κ2) is 12.7. The Bertz CT molecular complexity index is 1470. The lowest BCUT2D eigenvalue weighted by Gasteiger charge is -2.33. The second-order valence-electron chi connectivity index (χ2n) is 11.1. The molecule has 1 aromatic carbocycles. The molecule has 17 heteroatoms. The molecule has 44 heavy (non-hydrogen) atoms. The van der Waals surface area contributed by atoms with Gasteiger partial charge in [-0.2, -0.15) is 26.3 Å². The molecule has 1 aliphatic carbocycles. The van der Waals surface area contributed by atoms with E-state index in [1.807, 2.05) is 0 Å². The fourth-order valence-corrected chi connectivity index (χ4v) is 5.49. The van der Waals surface area contributed by atoms with Crippen LogP contribution in [-0.2, 0) is 11.3 Å². The molecular formula is C27H31F8N7O2. The zero-order valence-corrected chi connectivity index (χ0v) is 23.5. The van der Waals surface area contributed by atoms with Gasteiger partial charge in [0.05, 0.1) is 35.1 Å². The molecule has 0 spiro atoms. The van der Waals surface area contributed by atoms with E-state index >= 15 is 0 Å². The number of nitrogens with zero attached hydrogens (tertiary/aromatic N) is 4. The average molecular weight is 638 g/mol. The van der Waals surface area contributed by atoms with Crippen LogP contribution >= 0.6 is 0 Å². The fraction of sp³-hybridized carbons (Fsp3) is 0.593. The summed E-state index contributed by atoms with van der Waals surface area (Å²) in [6.45, 7) is 1.31. The number of hydrogen-bond donors (Lipinski definition) is 3. The lowest BCUT2D eigenvalue weighted by Crippen LogP contribution is -2.31. The summed E-state index contributed by atoms with van der Waals surface area (Å²) in [6, 6.07) is 4.13. The van der Waals surface area contributed by atoms with Gasteiger partial charge in [-0.25, -0.2) is 18.4 Å². The quantitative estimate of drug-likeness (QED) is 0.220. The normalized spacial score (nSPS) is 17.5. The van der Waals surface area contributed by atoms with Crippen LogP contribution in [0.3, 0.4) is 0 Å². The van der Waals surface area contributed by atoms with Crippen molar-refractivity contribution in [1.29, 1.82) is 0 Å². The molecule has 1 aliphatic rings. The van der Waals surface area contributed by atoms with E-state index in [9.17, 15) is 44.7 Å². The number of nitrogens with two attached hydrogens (primary N) is 1. The van der Waals surface area contributed by atoms with Gasteiger partial charge in [0, 0.05) is 32.2 Å². The highest BCUT2D eigenvalue weighted by Gasteiger charge is 2.42. The Balaban J connectivity index is 1.69. The number of amides is 2. The molecule has 242 valence electrons. The van der Waals surface area contributed by atoms with E-state index in [1.54, 1.807) is 25.1 Å². The lowest BCUT2D eigenvalue weighted by molar-refractivity contribution is -0.144. The molecule has 0 aliphatic heterocycles. The number of halogens is 8. The Morgan fingerprint density at radius 2 is 1.77 bits per heavy atom. The molecule has 2 heterocycles. The van der Waals surface area contributed by atoms with Crippen molar-refractivity contribution >= 4 is 22.8 Å². The van der Waals surface area contributed by atoms with Gasteiger partial charge in [-0.05, 0) is 49.8 Å². The number of aromatic amines is 1. The number of alkyl halides is 8. The fourth-order valence-electron chi connectivity index (χ4n) is 5.49. The topological polar surface area (TPSA) is 132 Å². The molecule has 1 fully saturated rings. The number of primary amides is 1. The monoisotopic (exact) mass is 637 g/mol. The summed E-state index contributed by atoms with van der Waals surface area (Å²) in [4.78, 5) is 32.1. The van der Waals surface area contributed by atoms with Gasteiger partial charge in [0.1, 0.15) is 5.82 Å². The van der Waals surface area contributed by atoms with Crippen LogP contribution in [0.2, 0.25) is 0 Å². The first kappa shape index (κ1) is 33.1. The minimum Gasteiger partial charge on any atom is -0.364 e. The van der Waals surface area contributed by atoms with Crippen molar-refractivity contribution in [3.63, 3.8) is 0 Å². The van der Waals surface area contributed by atoms with E-state index in [1.165, 1.54) is 0 Å². The number of aromatic nitrogens is 5. The Labute approximate surface area is 245 Å². The molecular weight excluding hydrogens is 606 g/mol. The molecule has 2 aromatic heterocycles. The van der Waals surface area contributed by atoms with Gasteiger partial charge < -0.3 is 16.0 Å². The summed E-state index contributed by atoms with van der Waals surface area (Å²) in [5.41, 5.74) is 6.66. The number of carbonyl (C=O) groups excluding carboxylic acids is 2. The predicted octanol–water partition coefficient (Wildman–Crippen LogP) is 6.07. The van der Waals surface area contributed by atoms with Gasteiger partial charge in [0.2, 0.25) is 11.8 Å². The smallest absolute Gasteiger partial charge is 0.364 e. The van der Waals surface area contributed by atoms with E-state index in [0.717, 1.165) is 4.68 Å². The minimum atomic E-state index is -4.48. The van der Waals surface area contributed by atoms with E-state index in [4.69, 9.17) is 5.73 Å².